The molecule has 0 unspecified atom stereocenters. The van der Waals surface area contributed by atoms with Crippen LogP contribution < -0.4 is 19.9 Å². The summed E-state index contributed by atoms with van der Waals surface area (Å²) >= 11 is 0. The van der Waals surface area contributed by atoms with Gasteiger partial charge in [-0.1, -0.05) is 0 Å². The van der Waals surface area contributed by atoms with Crippen molar-refractivity contribution in [2.24, 2.45) is 5.73 Å². The summed E-state index contributed by atoms with van der Waals surface area (Å²) in [5.41, 5.74) is 7.70. The molecule has 2 aromatic rings. The van der Waals surface area contributed by atoms with Gasteiger partial charge in [-0.05, 0) is 30.7 Å². The van der Waals surface area contributed by atoms with Crippen molar-refractivity contribution in [2.75, 3.05) is 6.79 Å². The molecule has 2 N–H and O–H groups in total. The Hall–Kier alpha value is -2.27. The van der Waals surface area contributed by atoms with Crippen LogP contribution >= 0.6 is 0 Å². The molecule has 1 aromatic heterocycles. The maximum Gasteiger partial charge on any atom is 0.231 e. The Labute approximate surface area is 110 Å². The Morgan fingerprint density at radius 1 is 1.26 bits per heavy atom. The van der Waals surface area contributed by atoms with E-state index < -0.39 is 0 Å². The van der Waals surface area contributed by atoms with Gasteiger partial charge in [0.05, 0.1) is 0 Å². The van der Waals surface area contributed by atoms with Crippen LogP contribution in [-0.2, 0) is 6.54 Å². The third kappa shape index (κ3) is 2.20. The number of pyridine rings is 1. The number of aromatic nitrogens is 1. The van der Waals surface area contributed by atoms with Gasteiger partial charge in [0.2, 0.25) is 12.7 Å². The van der Waals surface area contributed by atoms with Crippen molar-refractivity contribution in [2.45, 2.75) is 13.5 Å². The molecule has 0 aliphatic carbocycles. The lowest BCUT2D eigenvalue weighted by atomic mass is 10.1. The summed E-state index contributed by atoms with van der Waals surface area (Å²) < 4.78 is 16.3. The molecular formula is C14H14N2O3. The molecule has 0 atom stereocenters. The van der Waals surface area contributed by atoms with E-state index >= 15 is 0 Å². The van der Waals surface area contributed by atoms with E-state index in [1.807, 2.05) is 25.1 Å². The Bertz CT molecular complexity index is 614. The second kappa shape index (κ2) is 4.78. The van der Waals surface area contributed by atoms with Gasteiger partial charge in [0.1, 0.15) is 5.75 Å². The van der Waals surface area contributed by atoms with Crippen LogP contribution in [0.4, 0.5) is 0 Å². The standard InChI is InChI=1S/C14H14N2O3/c1-9-4-5-16-14(11(9)7-15)19-10-2-3-12-13(6-10)18-8-17-12/h2-6H,7-8,15H2,1H3. The van der Waals surface area contributed by atoms with E-state index in [1.165, 1.54) is 0 Å². The maximum atomic E-state index is 5.78. The zero-order chi connectivity index (χ0) is 13.2. The number of hydrogen-bond acceptors (Lipinski definition) is 5. The average molecular weight is 258 g/mol. The molecule has 5 nitrogen and oxygen atoms in total. The van der Waals surface area contributed by atoms with Gasteiger partial charge < -0.3 is 19.9 Å². The van der Waals surface area contributed by atoms with E-state index in [0.29, 0.717) is 23.9 Å². The molecule has 0 spiro atoms. The van der Waals surface area contributed by atoms with E-state index in [2.05, 4.69) is 4.98 Å². The van der Waals surface area contributed by atoms with Crippen LogP contribution in [0.3, 0.4) is 0 Å². The van der Waals surface area contributed by atoms with Crippen molar-refractivity contribution < 1.29 is 14.2 Å². The molecule has 0 fully saturated rings. The van der Waals surface area contributed by atoms with Crippen molar-refractivity contribution in [1.29, 1.82) is 0 Å². The number of hydrogen-bond donors (Lipinski definition) is 1. The Morgan fingerprint density at radius 2 is 2.11 bits per heavy atom. The number of benzene rings is 1. The maximum absolute atomic E-state index is 5.78. The summed E-state index contributed by atoms with van der Waals surface area (Å²) in [7, 11) is 0. The lowest BCUT2D eigenvalue weighted by molar-refractivity contribution is 0.174. The summed E-state index contributed by atoms with van der Waals surface area (Å²) in [5.74, 6) is 2.58. The second-order valence-electron chi connectivity index (χ2n) is 4.23. The Morgan fingerprint density at radius 3 is 2.95 bits per heavy atom. The first-order chi connectivity index (χ1) is 9.28. The molecule has 1 aliphatic rings. The number of ether oxygens (including phenoxy) is 3. The first kappa shape index (κ1) is 11.8. The van der Waals surface area contributed by atoms with E-state index in [0.717, 1.165) is 16.9 Å². The topological polar surface area (TPSA) is 66.6 Å². The third-order valence-corrected chi connectivity index (χ3v) is 3.01. The highest BCUT2D eigenvalue weighted by molar-refractivity contribution is 5.48. The van der Waals surface area contributed by atoms with E-state index in [4.69, 9.17) is 19.9 Å². The molecule has 19 heavy (non-hydrogen) atoms. The summed E-state index contributed by atoms with van der Waals surface area (Å²) in [5, 5.41) is 0. The SMILES string of the molecule is Cc1ccnc(Oc2ccc3c(c2)OCO3)c1CN. The van der Waals surface area contributed by atoms with Gasteiger partial charge in [0.25, 0.3) is 0 Å². The molecule has 0 amide bonds. The zero-order valence-electron chi connectivity index (χ0n) is 10.6. The van der Waals surface area contributed by atoms with Crippen LogP contribution in [0.1, 0.15) is 11.1 Å². The Kier molecular flexibility index (Phi) is 2.97. The number of rotatable bonds is 3. The summed E-state index contributed by atoms with van der Waals surface area (Å²) in [6.45, 7) is 2.62. The molecule has 1 aromatic carbocycles. The molecule has 0 saturated heterocycles. The first-order valence-electron chi connectivity index (χ1n) is 6.00. The summed E-state index contributed by atoms with van der Waals surface area (Å²) in [4.78, 5) is 4.22. The fourth-order valence-corrected chi connectivity index (χ4v) is 1.95. The smallest absolute Gasteiger partial charge is 0.231 e. The van der Waals surface area contributed by atoms with E-state index in [1.54, 1.807) is 12.3 Å². The van der Waals surface area contributed by atoms with Crippen LogP contribution in [0.5, 0.6) is 23.1 Å². The molecular weight excluding hydrogens is 244 g/mol. The molecule has 1 aliphatic heterocycles. The molecule has 0 bridgehead atoms. The lowest BCUT2D eigenvalue weighted by Gasteiger charge is -2.11. The quantitative estimate of drug-likeness (QED) is 0.915. The monoisotopic (exact) mass is 258 g/mol. The van der Waals surface area contributed by atoms with Crippen molar-refractivity contribution in [3.8, 4) is 23.1 Å². The highest BCUT2D eigenvalue weighted by atomic mass is 16.7. The minimum Gasteiger partial charge on any atom is -0.454 e. The molecule has 98 valence electrons. The van der Waals surface area contributed by atoms with Crippen LogP contribution in [0, 0.1) is 6.92 Å². The van der Waals surface area contributed by atoms with Gasteiger partial charge in [-0.3, -0.25) is 0 Å². The van der Waals surface area contributed by atoms with Gasteiger partial charge in [0.15, 0.2) is 11.5 Å². The highest BCUT2D eigenvalue weighted by Gasteiger charge is 2.15. The fourth-order valence-electron chi connectivity index (χ4n) is 1.95. The van der Waals surface area contributed by atoms with Crippen LogP contribution in [0.15, 0.2) is 30.5 Å². The Balaban J connectivity index is 1.91. The molecule has 0 saturated carbocycles. The molecule has 3 rings (SSSR count). The summed E-state index contributed by atoms with van der Waals surface area (Å²) in [6.07, 6.45) is 1.71. The van der Waals surface area contributed by atoms with Gasteiger partial charge in [-0.2, -0.15) is 0 Å². The van der Waals surface area contributed by atoms with Crippen molar-refractivity contribution >= 4 is 0 Å². The van der Waals surface area contributed by atoms with Gasteiger partial charge >= 0.3 is 0 Å². The van der Waals surface area contributed by atoms with Crippen molar-refractivity contribution in [1.82, 2.24) is 4.98 Å². The molecule has 2 heterocycles. The average Bonchev–Trinajstić information content (AvgIpc) is 2.86. The molecule has 0 radical (unpaired) electrons. The highest BCUT2D eigenvalue weighted by Crippen LogP contribution is 2.36. The first-order valence-corrected chi connectivity index (χ1v) is 6.00. The van der Waals surface area contributed by atoms with Gasteiger partial charge in [0, 0.05) is 24.4 Å². The summed E-state index contributed by atoms with van der Waals surface area (Å²) in [6, 6.07) is 7.33. The van der Waals surface area contributed by atoms with Crippen molar-refractivity contribution in [3.05, 3.63) is 41.6 Å². The second-order valence-corrected chi connectivity index (χ2v) is 4.23. The normalized spacial score (nSPS) is 12.5. The lowest BCUT2D eigenvalue weighted by Crippen LogP contribution is -2.03. The molecule has 5 heteroatoms. The third-order valence-electron chi connectivity index (χ3n) is 3.01. The predicted molar refractivity (Wildman–Crippen MR) is 69.5 cm³/mol. The minimum atomic E-state index is 0.246. The number of fused-ring (bicyclic) bond motifs is 1. The van der Waals surface area contributed by atoms with E-state index in [9.17, 15) is 0 Å². The van der Waals surface area contributed by atoms with Gasteiger partial charge in [-0.25, -0.2) is 4.98 Å². The van der Waals surface area contributed by atoms with Gasteiger partial charge in [-0.15, -0.1) is 0 Å². The van der Waals surface area contributed by atoms with Crippen molar-refractivity contribution in [3.63, 3.8) is 0 Å². The fraction of sp³-hybridized carbons (Fsp3) is 0.214. The number of nitrogens with two attached hydrogens (primary N) is 1. The van der Waals surface area contributed by atoms with E-state index in [-0.39, 0.29) is 6.79 Å². The number of aryl methyl sites for hydroxylation is 1. The van der Waals surface area contributed by atoms with Crippen LogP contribution in [0.25, 0.3) is 0 Å². The predicted octanol–water partition coefficient (Wildman–Crippen LogP) is 2.37. The minimum absolute atomic E-state index is 0.246. The zero-order valence-corrected chi connectivity index (χ0v) is 10.6. The van der Waals surface area contributed by atoms with Crippen LogP contribution in [-0.4, -0.2) is 11.8 Å². The van der Waals surface area contributed by atoms with Crippen LogP contribution in [0.2, 0.25) is 0 Å². The largest absolute Gasteiger partial charge is 0.454 e. The number of nitrogens with zero attached hydrogens (tertiary/aromatic N) is 1.